The van der Waals surface area contributed by atoms with E-state index in [0.717, 1.165) is 38.6 Å². The highest BCUT2D eigenvalue weighted by molar-refractivity contribution is 14.0. The van der Waals surface area contributed by atoms with Crippen LogP contribution in [0.2, 0.25) is 0 Å². The molecule has 0 bridgehead atoms. The van der Waals surface area contributed by atoms with Crippen molar-refractivity contribution in [3.05, 3.63) is 12.2 Å². The van der Waals surface area contributed by atoms with Crippen LogP contribution in [0.25, 0.3) is 0 Å². The van der Waals surface area contributed by atoms with Gasteiger partial charge in [-0.1, -0.05) is 12.2 Å². The fourth-order valence-corrected chi connectivity index (χ4v) is 2.89. The van der Waals surface area contributed by atoms with Gasteiger partial charge in [0.05, 0.1) is 6.54 Å². The Morgan fingerprint density at radius 1 is 1.36 bits per heavy atom. The monoisotopic (exact) mass is 421 g/mol. The lowest BCUT2D eigenvalue weighted by Crippen LogP contribution is -2.46. The second kappa shape index (κ2) is 9.34. The van der Waals surface area contributed by atoms with Crippen LogP contribution >= 0.6 is 24.0 Å². The fourth-order valence-electron chi connectivity index (χ4n) is 2.89. The Morgan fingerprint density at radius 2 is 2.05 bits per heavy atom. The highest BCUT2D eigenvalue weighted by atomic mass is 127. The highest BCUT2D eigenvalue weighted by Crippen LogP contribution is 2.17. The average Bonchev–Trinajstić information content (AvgIpc) is 3.09. The number of hydrogen-bond donors (Lipinski definition) is 2. The van der Waals surface area contributed by atoms with Gasteiger partial charge in [0.2, 0.25) is 5.91 Å². The number of amides is 1. The Hall–Kier alpha value is -0.830. The Labute approximate surface area is 150 Å². The molecule has 1 atom stereocenters. The van der Waals surface area contributed by atoms with Crippen LogP contribution in [0.4, 0.5) is 0 Å². The van der Waals surface area contributed by atoms with Crippen molar-refractivity contribution in [1.29, 1.82) is 0 Å². The van der Waals surface area contributed by atoms with E-state index < -0.39 is 0 Å². The number of aliphatic imine (C=N–C) groups is 1. The predicted molar refractivity (Wildman–Crippen MR) is 101 cm³/mol. The van der Waals surface area contributed by atoms with E-state index in [-0.39, 0.29) is 42.5 Å². The molecule has 6 nitrogen and oxygen atoms in total. The molecule has 1 amide bonds. The van der Waals surface area contributed by atoms with Gasteiger partial charge in [-0.05, 0) is 20.3 Å². The topological polar surface area (TPSA) is 60.0 Å². The molecule has 0 aliphatic carbocycles. The number of carbonyl (C=O) groups is 1. The maximum Gasteiger partial charge on any atom is 0.239 e. The molecule has 2 N–H and O–H groups in total. The molecule has 2 aliphatic rings. The largest absolute Gasteiger partial charge is 0.352 e. The zero-order valence-electron chi connectivity index (χ0n) is 13.7. The first-order chi connectivity index (χ1) is 10.1. The third-order valence-electron chi connectivity index (χ3n) is 3.89. The maximum atomic E-state index is 11.7. The second-order valence-corrected chi connectivity index (χ2v) is 5.94. The first-order valence-corrected chi connectivity index (χ1v) is 7.74. The van der Waals surface area contributed by atoms with Gasteiger partial charge in [-0.15, -0.1) is 24.0 Å². The molecule has 0 aromatic rings. The fraction of sp³-hybridized carbons (Fsp3) is 0.733. The van der Waals surface area contributed by atoms with Crippen molar-refractivity contribution in [1.82, 2.24) is 20.4 Å². The van der Waals surface area contributed by atoms with Crippen LogP contribution in [0.3, 0.4) is 0 Å². The summed E-state index contributed by atoms with van der Waals surface area (Å²) in [5.41, 5.74) is 0. The lowest BCUT2D eigenvalue weighted by atomic mass is 10.2. The number of nitrogens with one attached hydrogen (secondary N) is 2. The van der Waals surface area contributed by atoms with E-state index >= 15 is 0 Å². The molecule has 2 rings (SSSR count). The quantitative estimate of drug-likeness (QED) is 0.303. The molecule has 0 spiro atoms. The van der Waals surface area contributed by atoms with Crippen LogP contribution in [-0.2, 0) is 4.79 Å². The van der Waals surface area contributed by atoms with Crippen molar-refractivity contribution in [3.63, 3.8) is 0 Å². The lowest BCUT2D eigenvalue weighted by molar-refractivity contribution is -0.120. The van der Waals surface area contributed by atoms with Crippen LogP contribution < -0.4 is 10.6 Å². The zero-order valence-corrected chi connectivity index (χ0v) is 16.0. The van der Waals surface area contributed by atoms with Crippen molar-refractivity contribution in [2.45, 2.75) is 32.4 Å². The number of likely N-dealkylation sites (tertiary alicyclic amines) is 1. The summed E-state index contributed by atoms with van der Waals surface area (Å²) in [6.07, 6.45) is 5.61. The van der Waals surface area contributed by atoms with E-state index in [4.69, 9.17) is 0 Å². The summed E-state index contributed by atoms with van der Waals surface area (Å²) in [7, 11) is 1.77. The molecule has 2 aliphatic heterocycles. The molecule has 0 aromatic heterocycles. The molecule has 0 saturated carbocycles. The van der Waals surface area contributed by atoms with Crippen molar-refractivity contribution in [2.75, 3.05) is 39.8 Å². The summed E-state index contributed by atoms with van der Waals surface area (Å²) in [6, 6.07) is 0.753. The Balaban J connectivity index is 0.00000242. The summed E-state index contributed by atoms with van der Waals surface area (Å²) in [5.74, 6) is 0.828. The molecule has 0 aromatic carbocycles. The van der Waals surface area contributed by atoms with Crippen LogP contribution in [0.1, 0.15) is 20.3 Å². The molecule has 7 heteroatoms. The van der Waals surface area contributed by atoms with Crippen molar-refractivity contribution >= 4 is 35.8 Å². The summed E-state index contributed by atoms with van der Waals surface area (Å²) >= 11 is 0. The molecule has 22 heavy (non-hydrogen) atoms. The normalized spacial score (nSPS) is 22.1. The van der Waals surface area contributed by atoms with Crippen LogP contribution in [0.15, 0.2) is 17.1 Å². The summed E-state index contributed by atoms with van der Waals surface area (Å²) in [5, 5.41) is 6.03. The van der Waals surface area contributed by atoms with Crippen molar-refractivity contribution < 1.29 is 4.79 Å². The molecular formula is C15H28IN5O. The summed E-state index contributed by atoms with van der Waals surface area (Å²) in [6.45, 7) is 8.28. The van der Waals surface area contributed by atoms with Gasteiger partial charge in [-0.25, -0.2) is 0 Å². The average molecular weight is 421 g/mol. The zero-order chi connectivity index (χ0) is 15.2. The first-order valence-electron chi connectivity index (χ1n) is 7.74. The van der Waals surface area contributed by atoms with Gasteiger partial charge in [0.25, 0.3) is 0 Å². The molecule has 1 fully saturated rings. The van der Waals surface area contributed by atoms with Gasteiger partial charge < -0.3 is 15.5 Å². The van der Waals surface area contributed by atoms with Gasteiger partial charge in [0, 0.05) is 45.3 Å². The number of rotatable bonds is 4. The van der Waals surface area contributed by atoms with E-state index in [0.29, 0.717) is 6.04 Å². The minimum atomic E-state index is 0. The number of halogens is 1. The Kier molecular flexibility index (Phi) is 8.16. The van der Waals surface area contributed by atoms with Gasteiger partial charge in [0.1, 0.15) is 0 Å². The molecular weight excluding hydrogens is 393 g/mol. The SMILES string of the molecule is CN=C(NCC(=O)NC(C)C)N1CCC(N2CC=CC2)C1.I. The maximum absolute atomic E-state index is 11.7. The smallest absolute Gasteiger partial charge is 0.239 e. The lowest BCUT2D eigenvalue weighted by Gasteiger charge is -2.25. The van der Waals surface area contributed by atoms with Gasteiger partial charge in [-0.2, -0.15) is 0 Å². The van der Waals surface area contributed by atoms with Crippen molar-refractivity contribution in [2.24, 2.45) is 4.99 Å². The van der Waals surface area contributed by atoms with E-state index in [1.807, 2.05) is 13.8 Å². The van der Waals surface area contributed by atoms with Gasteiger partial charge in [0.15, 0.2) is 5.96 Å². The third kappa shape index (κ3) is 5.42. The molecule has 1 saturated heterocycles. The number of guanidine groups is 1. The molecule has 1 unspecified atom stereocenters. The van der Waals surface area contributed by atoms with Crippen LogP contribution in [-0.4, -0.2) is 73.5 Å². The third-order valence-corrected chi connectivity index (χ3v) is 3.89. The van der Waals surface area contributed by atoms with Crippen molar-refractivity contribution in [3.8, 4) is 0 Å². The first kappa shape index (κ1) is 19.2. The molecule has 2 heterocycles. The van der Waals surface area contributed by atoms with E-state index in [2.05, 4.69) is 37.6 Å². The summed E-state index contributed by atoms with van der Waals surface area (Å²) < 4.78 is 0. The molecule has 126 valence electrons. The minimum Gasteiger partial charge on any atom is -0.352 e. The standard InChI is InChI=1S/C15H27N5O.HI/c1-12(2)18-14(21)10-17-15(16-3)20-9-6-13(11-20)19-7-4-5-8-19;/h4-5,12-13H,6-11H2,1-3H3,(H,16,17)(H,18,21);1H. The van der Waals surface area contributed by atoms with Gasteiger partial charge >= 0.3 is 0 Å². The highest BCUT2D eigenvalue weighted by Gasteiger charge is 2.29. The van der Waals surface area contributed by atoms with Gasteiger partial charge in [-0.3, -0.25) is 14.7 Å². The minimum absolute atomic E-state index is 0. The number of nitrogens with zero attached hydrogens (tertiary/aromatic N) is 3. The number of hydrogen-bond acceptors (Lipinski definition) is 3. The Bertz CT molecular complexity index is 416. The predicted octanol–water partition coefficient (Wildman–Crippen LogP) is 0.651. The van der Waals surface area contributed by atoms with Crippen LogP contribution in [0, 0.1) is 0 Å². The van der Waals surface area contributed by atoms with Crippen LogP contribution in [0.5, 0.6) is 0 Å². The van der Waals surface area contributed by atoms with E-state index in [1.54, 1.807) is 7.05 Å². The van der Waals surface area contributed by atoms with E-state index in [1.165, 1.54) is 0 Å². The second-order valence-electron chi connectivity index (χ2n) is 5.94. The number of carbonyl (C=O) groups excluding carboxylic acids is 1. The summed E-state index contributed by atoms with van der Waals surface area (Å²) in [4.78, 5) is 20.7. The Morgan fingerprint density at radius 3 is 2.64 bits per heavy atom. The van der Waals surface area contributed by atoms with E-state index in [9.17, 15) is 4.79 Å². The molecule has 0 radical (unpaired) electrons.